The van der Waals surface area contributed by atoms with Crippen molar-refractivity contribution in [3.8, 4) is 11.3 Å². The third-order valence-corrected chi connectivity index (χ3v) is 3.16. The third kappa shape index (κ3) is 3.37. The highest BCUT2D eigenvalue weighted by atomic mass is 35.5. The Morgan fingerprint density at radius 3 is 2.61 bits per heavy atom. The summed E-state index contributed by atoms with van der Waals surface area (Å²) in [6.07, 6.45) is 2.06. The maximum absolute atomic E-state index is 6.15. The van der Waals surface area contributed by atoms with Gasteiger partial charge in [0, 0.05) is 12.0 Å². The fourth-order valence-electron chi connectivity index (χ4n) is 1.89. The second-order valence-corrected chi connectivity index (χ2v) is 5.06. The largest absolute Gasteiger partial charge is 0.461 e. The van der Waals surface area contributed by atoms with Crippen molar-refractivity contribution >= 4 is 11.6 Å². The van der Waals surface area contributed by atoms with Crippen molar-refractivity contribution in [2.24, 2.45) is 0 Å². The molecule has 96 valence electrons. The Hall–Kier alpha value is -1.25. The topological polar surface area (TPSA) is 16.4 Å². The zero-order valence-corrected chi connectivity index (χ0v) is 11.6. The van der Waals surface area contributed by atoms with Crippen LogP contribution in [0.15, 0.2) is 40.8 Å². The molecule has 3 heteroatoms. The molecule has 0 aliphatic heterocycles. The standard InChI is InChI=1S/C15H18ClNO/c1-17(2)11-5-6-12-9-10-15(18-12)13-7-3-4-8-14(13)16/h3-4,7-10H,5-6,11H2,1-2H3. The van der Waals surface area contributed by atoms with Crippen LogP contribution >= 0.6 is 11.6 Å². The molecule has 1 aromatic heterocycles. The van der Waals surface area contributed by atoms with Gasteiger partial charge >= 0.3 is 0 Å². The first-order chi connectivity index (χ1) is 8.66. The van der Waals surface area contributed by atoms with Gasteiger partial charge in [0.15, 0.2) is 0 Å². The van der Waals surface area contributed by atoms with E-state index in [0.717, 1.165) is 41.5 Å². The Bertz CT molecular complexity index is 505. The highest BCUT2D eigenvalue weighted by Crippen LogP contribution is 2.29. The van der Waals surface area contributed by atoms with Gasteiger partial charge in [-0.1, -0.05) is 23.7 Å². The van der Waals surface area contributed by atoms with Crippen LogP contribution < -0.4 is 0 Å². The third-order valence-electron chi connectivity index (χ3n) is 2.83. The molecule has 0 atom stereocenters. The van der Waals surface area contributed by atoms with E-state index in [9.17, 15) is 0 Å². The highest BCUT2D eigenvalue weighted by molar-refractivity contribution is 6.33. The molecule has 1 heterocycles. The normalized spacial score (nSPS) is 11.1. The summed E-state index contributed by atoms with van der Waals surface area (Å²) in [4.78, 5) is 2.18. The molecule has 2 aromatic rings. The molecule has 0 amide bonds. The maximum Gasteiger partial charge on any atom is 0.135 e. The van der Waals surface area contributed by atoms with Gasteiger partial charge in [0.1, 0.15) is 11.5 Å². The van der Waals surface area contributed by atoms with E-state index in [-0.39, 0.29) is 0 Å². The lowest BCUT2D eigenvalue weighted by atomic mass is 10.2. The molecule has 0 aliphatic carbocycles. The Labute approximate surface area is 113 Å². The van der Waals surface area contributed by atoms with Crippen molar-refractivity contribution in [1.82, 2.24) is 4.90 Å². The van der Waals surface area contributed by atoms with E-state index in [0.29, 0.717) is 0 Å². The molecule has 18 heavy (non-hydrogen) atoms. The Morgan fingerprint density at radius 2 is 1.89 bits per heavy atom. The van der Waals surface area contributed by atoms with E-state index in [1.807, 2.05) is 36.4 Å². The molecule has 0 saturated heterocycles. The lowest BCUT2D eigenvalue weighted by Gasteiger charge is -2.07. The number of nitrogens with zero attached hydrogens (tertiary/aromatic N) is 1. The molecule has 0 fully saturated rings. The zero-order chi connectivity index (χ0) is 13.0. The van der Waals surface area contributed by atoms with Crippen LogP contribution in [0.1, 0.15) is 12.2 Å². The average molecular weight is 264 g/mol. The predicted octanol–water partition coefficient (Wildman–Crippen LogP) is 4.09. The van der Waals surface area contributed by atoms with E-state index in [1.54, 1.807) is 0 Å². The second-order valence-electron chi connectivity index (χ2n) is 4.65. The molecule has 0 radical (unpaired) electrons. The van der Waals surface area contributed by atoms with Crippen molar-refractivity contribution < 1.29 is 4.42 Å². The summed E-state index contributed by atoms with van der Waals surface area (Å²) in [7, 11) is 4.16. The lowest BCUT2D eigenvalue weighted by molar-refractivity contribution is 0.390. The van der Waals surface area contributed by atoms with Crippen molar-refractivity contribution in [2.45, 2.75) is 12.8 Å². The van der Waals surface area contributed by atoms with Crippen LogP contribution in [0.2, 0.25) is 5.02 Å². The summed E-state index contributed by atoms with van der Waals surface area (Å²) in [6, 6.07) is 11.8. The fourth-order valence-corrected chi connectivity index (χ4v) is 2.12. The van der Waals surface area contributed by atoms with Gasteiger partial charge in [-0.15, -0.1) is 0 Å². The van der Waals surface area contributed by atoms with Crippen molar-refractivity contribution in [3.05, 3.63) is 47.2 Å². The molecule has 0 unspecified atom stereocenters. The Kier molecular flexibility index (Phi) is 4.45. The number of rotatable bonds is 5. The monoisotopic (exact) mass is 263 g/mol. The fraction of sp³-hybridized carbons (Fsp3) is 0.333. The molecular weight excluding hydrogens is 246 g/mol. The highest BCUT2D eigenvalue weighted by Gasteiger charge is 2.07. The minimum Gasteiger partial charge on any atom is -0.461 e. The van der Waals surface area contributed by atoms with E-state index >= 15 is 0 Å². The molecule has 2 rings (SSSR count). The van der Waals surface area contributed by atoms with Crippen LogP contribution in [0, 0.1) is 0 Å². The molecule has 0 N–H and O–H groups in total. The van der Waals surface area contributed by atoms with Crippen LogP contribution in [0.5, 0.6) is 0 Å². The SMILES string of the molecule is CN(C)CCCc1ccc(-c2ccccc2Cl)o1. The Balaban J connectivity index is 2.04. The summed E-state index contributed by atoms with van der Waals surface area (Å²) >= 11 is 6.15. The van der Waals surface area contributed by atoms with Gasteiger partial charge in [0.2, 0.25) is 0 Å². The van der Waals surface area contributed by atoms with Gasteiger partial charge < -0.3 is 9.32 Å². The molecule has 0 bridgehead atoms. The summed E-state index contributed by atoms with van der Waals surface area (Å²) in [5.74, 6) is 1.87. The number of hydrogen-bond donors (Lipinski definition) is 0. The molecule has 2 nitrogen and oxygen atoms in total. The first kappa shape index (κ1) is 13.2. The molecule has 0 saturated carbocycles. The number of furan rings is 1. The minimum absolute atomic E-state index is 0.728. The molecule has 0 spiro atoms. The molecule has 0 aliphatic rings. The van der Waals surface area contributed by atoms with E-state index in [1.165, 1.54) is 0 Å². The van der Waals surface area contributed by atoms with Gasteiger partial charge in [-0.3, -0.25) is 0 Å². The summed E-state index contributed by atoms with van der Waals surface area (Å²) < 4.78 is 5.83. The first-order valence-corrected chi connectivity index (χ1v) is 6.53. The van der Waals surface area contributed by atoms with Gasteiger partial charge in [0.25, 0.3) is 0 Å². The Morgan fingerprint density at radius 1 is 1.11 bits per heavy atom. The smallest absolute Gasteiger partial charge is 0.135 e. The van der Waals surface area contributed by atoms with Crippen LogP contribution in [0.4, 0.5) is 0 Å². The first-order valence-electron chi connectivity index (χ1n) is 6.15. The second kappa shape index (κ2) is 6.07. The molecular formula is C15H18ClNO. The van der Waals surface area contributed by atoms with Crippen LogP contribution in [0.3, 0.4) is 0 Å². The average Bonchev–Trinajstić information content (AvgIpc) is 2.78. The summed E-state index contributed by atoms with van der Waals surface area (Å²) in [5.41, 5.74) is 0.957. The number of hydrogen-bond acceptors (Lipinski definition) is 2. The van der Waals surface area contributed by atoms with Gasteiger partial charge in [-0.25, -0.2) is 0 Å². The van der Waals surface area contributed by atoms with Crippen molar-refractivity contribution in [3.63, 3.8) is 0 Å². The van der Waals surface area contributed by atoms with E-state index < -0.39 is 0 Å². The maximum atomic E-state index is 6.15. The zero-order valence-electron chi connectivity index (χ0n) is 10.8. The van der Waals surface area contributed by atoms with E-state index in [2.05, 4.69) is 19.0 Å². The van der Waals surface area contributed by atoms with Gasteiger partial charge in [0.05, 0.1) is 5.02 Å². The summed E-state index contributed by atoms with van der Waals surface area (Å²) in [5, 5.41) is 0.728. The van der Waals surface area contributed by atoms with Crippen LogP contribution in [-0.4, -0.2) is 25.5 Å². The van der Waals surface area contributed by atoms with Gasteiger partial charge in [-0.05, 0) is 51.3 Å². The van der Waals surface area contributed by atoms with Crippen molar-refractivity contribution in [1.29, 1.82) is 0 Å². The summed E-state index contributed by atoms with van der Waals surface area (Å²) in [6.45, 7) is 1.07. The van der Waals surface area contributed by atoms with Crippen molar-refractivity contribution in [2.75, 3.05) is 20.6 Å². The molecule has 1 aromatic carbocycles. The predicted molar refractivity (Wildman–Crippen MR) is 76.0 cm³/mol. The quantitative estimate of drug-likeness (QED) is 0.808. The van der Waals surface area contributed by atoms with Gasteiger partial charge in [-0.2, -0.15) is 0 Å². The van der Waals surface area contributed by atoms with Crippen LogP contribution in [0.25, 0.3) is 11.3 Å². The van der Waals surface area contributed by atoms with Crippen LogP contribution in [-0.2, 0) is 6.42 Å². The number of aryl methyl sites for hydroxylation is 1. The lowest BCUT2D eigenvalue weighted by Crippen LogP contribution is -2.13. The minimum atomic E-state index is 0.728. The number of halogens is 1. The van der Waals surface area contributed by atoms with E-state index in [4.69, 9.17) is 16.0 Å². The number of benzene rings is 1.